The molecule has 1 unspecified atom stereocenters. The van der Waals surface area contributed by atoms with E-state index in [1.807, 2.05) is 19.4 Å². The lowest BCUT2D eigenvalue weighted by molar-refractivity contribution is 0.260. The van der Waals surface area contributed by atoms with E-state index in [9.17, 15) is 0 Å². The minimum atomic E-state index is 0.110. The molecule has 2 heterocycles. The third-order valence-corrected chi connectivity index (χ3v) is 2.77. The van der Waals surface area contributed by atoms with Crippen molar-refractivity contribution in [2.45, 2.75) is 26.8 Å². The lowest BCUT2D eigenvalue weighted by Gasteiger charge is -2.13. The summed E-state index contributed by atoms with van der Waals surface area (Å²) in [7, 11) is 1.90. The smallest absolute Gasteiger partial charge is 0.234 e. The quantitative estimate of drug-likeness (QED) is 0.877. The van der Waals surface area contributed by atoms with Crippen LogP contribution in [-0.4, -0.2) is 26.4 Å². The highest BCUT2D eigenvalue weighted by molar-refractivity contribution is 5.36. The molecule has 108 valence electrons. The van der Waals surface area contributed by atoms with Crippen LogP contribution in [0.3, 0.4) is 0 Å². The minimum Gasteiger partial charge on any atom is -0.476 e. The molecule has 1 atom stereocenters. The molecule has 20 heavy (non-hydrogen) atoms. The molecule has 0 aromatic carbocycles. The summed E-state index contributed by atoms with van der Waals surface area (Å²) in [5.41, 5.74) is 1.10. The molecular formula is C14H21N5O. The van der Waals surface area contributed by atoms with Crippen molar-refractivity contribution in [3.63, 3.8) is 0 Å². The zero-order valence-corrected chi connectivity index (χ0v) is 12.4. The summed E-state index contributed by atoms with van der Waals surface area (Å²) >= 11 is 0. The van der Waals surface area contributed by atoms with E-state index < -0.39 is 0 Å². The van der Waals surface area contributed by atoms with E-state index in [1.54, 1.807) is 17.1 Å². The standard InChI is InChI=1S/C14H21N5O/c1-10(2)9-20-14-7-15-6-13(18-14)17-11(3)12-5-16-19(4)8-12/h5-8,10-11H,9H2,1-4H3,(H,17,18). The molecule has 1 N–H and O–H groups in total. The summed E-state index contributed by atoms with van der Waals surface area (Å²) in [6, 6.07) is 0.110. The largest absolute Gasteiger partial charge is 0.476 e. The SMILES string of the molecule is CC(C)COc1cncc(NC(C)c2cnn(C)c2)n1. The first-order valence-electron chi connectivity index (χ1n) is 6.74. The maximum absolute atomic E-state index is 5.57. The first kappa shape index (κ1) is 14.3. The molecule has 0 bridgehead atoms. The third-order valence-electron chi connectivity index (χ3n) is 2.77. The average Bonchev–Trinajstić information content (AvgIpc) is 2.84. The Morgan fingerprint density at radius 2 is 2.05 bits per heavy atom. The van der Waals surface area contributed by atoms with Gasteiger partial charge in [0, 0.05) is 18.8 Å². The summed E-state index contributed by atoms with van der Waals surface area (Å²) in [4.78, 5) is 8.54. The molecule has 0 radical (unpaired) electrons. The number of aromatic nitrogens is 4. The fourth-order valence-corrected chi connectivity index (χ4v) is 1.71. The van der Waals surface area contributed by atoms with Crippen LogP contribution in [0.5, 0.6) is 5.88 Å². The number of hydrogen-bond donors (Lipinski definition) is 1. The Morgan fingerprint density at radius 1 is 1.25 bits per heavy atom. The van der Waals surface area contributed by atoms with Crippen LogP contribution >= 0.6 is 0 Å². The van der Waals surface area contributed by atoms with E-state index >= 15 is 0 Å². The fraction of sp³-hybridized carbons (Fsp3) is 0.500. The van der Waals surface area contributed by atoms with Gasteiger partial charge in [-0.1, -0.05) is 13.8 Å². The van der Waals surface area contributed by atoms with E-state index in [1.165, 1.54) is 0 Å². The van der Waals surface area contributed by atoms with Gasteiger partial charge in [-0.15, -0.1) is 0 Å². The highest BCUT2D eigenvalue weighted by Gasteiger charge is 2.09. The lowest BCUT2D eigenvalue weighted by Crippen LogP contribution is -2.10. The van der Waals surface area contributed by atoms with Crippen molar-refractivity contribution in [2.24, 2.45) is 13.0 Å². The summed E-state index contributed by atoms with van der Waals surface area (Å²) in [6.45, 7) is 6.89. The summed E-state index contributed by atoms with van der Waals surface area (Å²) in [6.07, 6.45) is 7.13. The highest BCUT2D eigenvalue weighted by atomic mass is 16.5. The Morgan fingerprint density at radius 3 is 2.70 bits per heavy atom. The molecule has 6 nitrogen and oxygen atoms in total. The van der Waals surface area contributed by atoms with Gasteiger partial charge in [-0.2, -0.15) is 10.1 Å². The number of nitrogens with zero attached hydrogens (tertiary/aromatic N) is 4. The maximum atomic E-state index is 5.57. The molecule has 2 aromatic rings. The first-order valence-corrected chi connectivity index (χ1v) is 6.74. The van der Waals surface area contributed by atoms with Gasteiger partial charge in [0.15, 0.2) is 0 Å². The van der Waals surface area contributed by atoms with Crippen LogP contribution in [0, 0.1) is 5.92 Å². The van der Waals surface area contributed by atoms with Crippen LogP contribution in [-0.2, 0) is 7.05 Å². The van der Waals surface area contributed by atoms with Crippen LogP contribution < -0.4 is 10.1 Å². The Balaban J connectivity index is 2.00. The molecule has 0 amide bonds. The van der Waals surface area contributed by atoms with E-state index in [4.69, 9.17) is 4.74 Å². The fourth-order valence-electron chi connectivity index (χ4n) is 1.71. The monoisotopic (exact) mass is 275 g/mol. The van der Waals surface area contributed by atoms with Crippen LogP contribution in [0.4, 0.5) is 5.82 Å². The van der Waals surface area contributed by atoms with Crippen molar-refractivity contribution in [3.8, 4) is 5.88 Å². The number of rotatable bonds is 6. The van der Waals surface area contributed by atoms with Gasteiger partial charge in [0.2, 0.25) is 5.88 Å². The van der Waals surface area contributed by atoms with Gasteiger partial charge in [-0.25, -0.2) is 0 Å². The molecule has 0 fully saturated rings. The summed E-state index contributed by atoms with van der Waals surface area (Å²) < 4.78 is 7.35. The molecule has 0 saturated carbocycles. The Hall–Kier alpha value is -2.11. The predicted octanol–water partition coefficient (Wildman–Crippen LogP) is 2.42. The van der Waals surface area contributed by atoms with E-state index in [-0.39, 0.29) is 6.04 Å². The Kier molecular flexibility index (Phi) is 4.55. The zero-order valence-electron chi connectivity index (χ0n) is 12.4. The number of aryl methyl sites for hydroxylation is 1. The van der Waals surface area contributed by atoms with E-state index in [0.29, 0.717) is 24.2 Å². The van der Waals surface area contributed by atoms with Crippen LogP contribution in [0.2, 0.25) is 0 Å². The third kappa shape index (κ3) is 3.94. The summed E-state index contributed by atoms with van der Waals surface area (Å²) in [5.74, 6) is 1.70. The van der Waals surface area contributed by atoms with Gasteiger partial charge in [0.1, 0.15) is 5.82 Å². The first-order chi connectivity index (χ1) is 9.54. The van der Waals surface area contributed by atoms with Gasteiger partial charge < -0.3 is 10.1 Å². The van der Waals surface area contributed by atoms with Crippen molar-refractivity contribution in [1.29, 1.82) is 0 Å². The molecule has 0 aliphatic rings. The highest BCUT2D eigenvalue weighted by Crippen LogP contribution is 2.18. The molecule has 6 heteroatoms. The number of hydrogen-bond acceptors (Lipinski definition) is 5. The van der Waals surface area contributed by atoms with Crippen LogP contribution in [0.25, 0.3) is 0 Å². The Bertz CT molecular complexity index is 552. The molecular weight excluding hydrogens is 254 g/mol. The van der Waals surface area contributed by atoms with Crippen molar-refractivity contribution >= 4 is 5.82 Å². The van der Waals surface area contributed by atoms with Gasteiger partial charge in [0.05, 0.1) is 31.2 Å². The second kappa shape index (κ2) is 6.36. The number of anilines is 1. The Labute approximate surface area is 119 Å². The van der Waals surface area contributed by atoms with E-state index in [2.05, 4.69) is 41.2 Å². The van der Waals surface area contributed by atoms with Gasteiger partial charge >= 0.3 is 0 Å². The maximum Gasteiger partial charge on any atom is 0.234 e. The lowest BCUT2D eigenvalue weighted by atomic mass is 10.2. The van der Waals surface area contributed by atoms with Crippen molar-refractivity contribution < 1.29 is 4.74 Å². The van der Waals surface area contributed by atoms with E-state index in [0.717, 1.165) is 5.56 Å². The van der Waals surface area contributed by atoms with Crippen LogP contribution in [0.1, 0.15) is 32.4 Å². The molecule has 2 aromatic heterocycles. The minimum absolute atomic E-state index is 0.110. The van der Waals surface area contributed by atoms with Gasteiger partial charge in [0.25, 0.3) is 0 Å². The van der Waals surface area contributed by atoms with Gasteiger partial charge in [-0.05, 0) is 12.8 Å². The van der Waals surface area contributed by atoms with Crippen molar-refractivity contribution in [3.05, 3.63) is 30.4 Å². The second-order valence-corrected chi connectivity index (χ2v) is 5.26. The molecule has 0 aliphatic heterocycles. The topological polar surface area (TPSA) is 64.9 Å². The molecule has 0 aliphatic carbocycles. The summed E-state index contributed by atoms with van der Waals surface area (Å²) in [5, 5.41) is 7.45. The molecule has 2 rings (SSSR count). The number of ether oxygens (including phenoxy) is 1. The number of nitrogens with one attached hydrogen (secondary N) is 1. The van der Waals surface area contributed by atoms with Gasteiger partial charge in [-0.3, -0.25) is 9.67 Å². The zero-order chi connectivity index (χ0) is 14.5. The second-order valence-electron chi connectivity index (χ2n) is 5.26. The van der Waals surface area contributed by atoms with Crippen molar-refractivity contribution in [2.75, 3.05) is 11.9 Å². The predicted molar refractivity (Wildman–Crippen MR) is 77.6 cm³/mol. The van der Waals surface area contributed by atoms with Crippen molar-refractivity contribution in [1.82, 2.24) is 19.7 Å². The average molecular weight is 275 g/mol. The van der Waals surface area contributed by atoms with Crippen LogP contribution in [0.15, 0.2) is 24.8 Å². The molecule has 0 spiro atoms. The normalized spacial score (nSPS) is 12.4. The molecule has 0 saturated heterocycles.